The van der Waals surface area contributed by atoms with Crippen LogP contribution in [-0.4, -0.2) is 10.9 Å². The van der Waals surface area contributed by atoms with Crippen molar-refractivity contribution in [3.05, 3.63) is 72.4 Å². The fraction of sp³-hybridized carbons (Fsp3) is 0.0714. The summed E-state index contributed by atoms with van der Waals surface area (Å²) in [6.07, 6.45) is 7.24. The molecule has 0 aliphatic heterocycles. The summed E-state index contributed by atoms with van der Waals surface area (Å²) in [6.45, 7) is 5.51. The molecule has 1 aromatic carbocycles. The van der Waals surface area contributed by atoms with E-state index in [-0.39, 0.29) is 0 Å². The second kappa shape index (κ2) is 6.40. The van der Waals surface area contributed by atoms with Crippen molar-refractivity contribution in [2.24, 2.45) is 5.16 Å². The van der Waals surface area contributed by atoms with E-state index in [0.717, 1.165) is 11.1 Å². The van der Waals surface area contributed by atoms with Crippen LogP contribution in [0.25, 0.3) is 0 Å². The van der Waals surface area contributed by atoms with Gasteiger partial charge in [-0.3, -0.25) is 0 Å². The summed E-state index contributed by atoms with van der Waals surface area (Å²) in [5, 5.41) is 12.4. The van der Waals surface area contributed by atoms with Gasteiger partial charge in [-0.2, -0.15) is 0 Å². The first kappa shape index (κ1) is 12.0. The van der Waals surface area contributed by atoms with Crippen molar-refractivity contribution in [3.8, 4) is 0 Å². The van der Waals surface area contributed by atoms with E-state index in [0.29, 0.717) is 5.71 Å². The zero-order valence-electron chi connectivity index (χ0n) is 9.30. The maximum Gasteiger partial charge on any atom is 0.116 e. The molecule has 82 valence electrons. The Bertz CT molecular complexity index is 427. The van der Waals surface area contributed by atoms with Crippen molar-refractivity contribution < 1.29 is 5.21 Å². The van der Waals surface area contributed by atoms with Gasteiger partial charge in [0.2, 0.25) is 0 Å². The highest BCUT2D eigenvalue weighted by atomic mass is 16.4. The molecule has 0 aromatic heterocycles. The lowest BCUT2D eigenvalue weighted by atomic mass is 10.0. The summed E-state index contributed by atoms with van der Waals surface area (Å²) in [6, 6.07) is 9.55. The van der Waals surface area contributed by atoms with Crippen molar-refractivity contribution in [3.63, 3.8) is 0 Å². The Hall–Kier alpha value is -2.09. The smallest absolute Gasteiger partial charge is 0.116 e. The highest BCUT2D eigenvalue weighted by molar-refractivity contribution is 6.13. The standard InChI is InChI=1S/C14H15NO/c1-3-5-9-12(4-2)14(15-16)13-10-7-6-8-11-13/h3-11,16H,1H2,2H3/b9-5-,12-4+,15-14+. The van der Waals surface area contributed by atoms with E-state index >= 15 is 0 Å². The van der Waals surface area contributed by atoms with Gasteiger partial charge in [-0.25, -0.2) is 0 Å². The first-order chi connectivity index (χ1) is 7.83. The Balaban J connectivity index is 3.09. The van der Waals surface area contributed by atoms with Gasteiger partial charge in [0.1, 0.15) is 5.71 Å². The SMILES string of the molecule is C=C\C=C/C(=C\C)C(=N\O)/c1ccccc1. The summed E-state index contributed by atoms with van der Waals surface area (Å²) >= 11 is 0. The van der Waals surface area contributed by atoms with Crippen LogP contribution in [-0.2, 0) is 0 Å². The van der Waals surface area contributed by atoms with E-state index in [2.05, 4.69) is 11.7 Å². The van der Waals surface area contributed by atoms with Crippen LogP contribution in [0, 0.1) is 0 Å². The van der Waals surface area contributed by atoms with Gasteiger partial charge < -0.3 is 5.21 Å². The Morgan fingerprint density at radius 3 is 2.50 bits per heavy atom. The number of hydrogen-bond acceptors (Lipinski definition) is 2. The monoisotopic (exact) mass is 213 g/mol. The molecule has 0 saturated carbocycles. The van der Waals surface area contributed by atoms with Crippen molar-refractivity contribution >= 4 is 5.71 Å². The van der Waals surface area contributed by atoms with Crippen LogP contribution in [0.4, 0.5) is 0 Å². The van der Waals surface area contributed by atoms with Crippen LogP contribution in [0.5, 0.6) is 0 Å². The number of allylic oxidation sites excluding steroid dienone is 5. The fourth-order valence-electron chi connectivity index (χ4n) is 1.36. The number of rotatable bonds is 4. The zero-order chi connectivity index (χ0) is 11.8. The Kier molecular flexibility index (Phi) is 4.80. The highest BCUT2D eigenvalue weighted by Gasteiger charge is 2.06. The Labute approximate surface area is 95.9 Å². The molecule has 0 amide bonds. The minimum atomic E-state index is 0.557. The minimum Gasteiger partial charge on any atom is -0.410 e. The molecule has 1 rings (SSSR count). The normalized spacial score (nSPS) is 13.1. The van der Waals surface area contributed by atoms with E-state index in [1.165, 1.54) is 0 Å². The van der Waals surface area contributed by atoms with Crippen molar-refractivity contribution in [2.75, 3.05) is 0 Å². The number of oxime groups is 1. The molecule has 0 unspecified atom stereocenters. The van der Waals surface area contributed by atoms with Gasteiger partial charge in [-0.15, -0.1) is 0 Å². The van der Waals surface area contributed by atoms with E-state index in [4.69, 9.17) is 5.21 Å². The lowest BCUT2D eigenvalue weighted by Crippen LogP contribution is -2.03. The van der Waals surface area contributed by atoms with Crippen LogP contribution in [0.2, 0.25) is 0 Å². The zero-order valence-corrected chi connectivity index (χ0v) is 9.30. The topological polar surface area (TPSA) is 32.6 Å². The quantitative estimate of drug-likeness (QED) is 0.353. The molecular weight excluding hydrogens is 198 g/mol. The minimum absolute atomic E-state index is 0.557. The fourth-order valence-corrected chi connectivity index (χ4v) is 1.36. The molecule has 16 heavy (non-hydrogen) atoms. The average Bonchev–Trinajstić information content (AvgIpc) is 2.35. The molecule has 0 saturated heterocycles. The molecule has 2 nitrogen and oxygen atoms in total. The largest absolute Gasteiger partial charge is 0.410 e. The van der Waals surface area contributed by atoms with E-state index in [1.807, 2.05) is 55.5 Å². The van der Waals surface area contributed by atoms with E-state index in [9.17, 15) is 0 Å². The lowest BCUT2D eigenvalue weighted by molar-refractivity contribution is 0.319. The van der Waals surface area contributed by atoms with Gasteiger partial charge in [0.25, 0.3) is 0 Å². The van der Waals surface area contributed by atoms with Gasteiger partial charge in [0, 0.05) is 5.56 Å². The molecule has 0 radical (unpaired) electrons. The third kappa shape index (κ3) is 2.95. The molecule has 0 spiro atoms. The summed E-state index contributed by atoms with van der Waals surface area (Å²) in [5.74, 6) is 0. The molecule has 1 aromatic rings. The maximum atomic E-state index is 9.07. The number of nitrogens with zero attached hydrogens (tertiary/aromatic N) is 1. The van der Waals surface area contributed by atoms with Gasteiger partial charge in [0.15, 0.2) is 0 Å². The van der Waals surface area contributed by atoms with E-state index < -0.39 is 0 Å². The van der Waals surface area contributed by atoms with Crippen LogP contribution < -0.4 is 0 Å². The molecule has 1 N–H and O–H groups in total. The first-order valence-electron chi connectivity index (χ1n) is 5.06. The predicted molar refractivity (Wildman–Crippen MR) is 67.9 cm³/mol. The second-order valence-corrected chi connectivity index (χ2v) is 3.15. The van der Waals surface area contributed by atoms with Crippen LogP contribution >= 0.6 is 0 Å². The van der Waals surface area contributed by atoms with Gasteiger partial charge in [-0.05, 0) is 12.5 Å². The van der Waals surface area contributed by atoms with Crippen LogP contribution in [0.15, 0.2) is 71.9 Å². The molecule has 0 heterocycles. The number of hydrogen-bond donors (Lipinski definition) is 1. The summed E-state index contributed by atoms with van der Waals surface area (Å²) < 4.78 is 0. The van der Waals surface area contributed by atoms with Crippen LogP contribution in [0.3, 0.4) is 0 Å². The number of benzene rings is 1. The van der Waals surface area contributed by atoms with Crippen molar-refractivity contribution in [2.45, 2.75) is 6.92 Å². The molecule has 0 aliphatic carbocycles. The highest BCUT2D eigenvalue weighted by Crippen LogP contribution is 2.10. The summed E-state index contributed by atoms with van der Waals surface area (Å²) in [7, 11) is 0. The molecular formula is C14H15NO. The van der Waals surface area contributed by atoms with Gasteiger partial charge in [0.05, 0.1) is 0 Å². The third-order valence-corrected chi connectivity index (χ3v) is 2.14. The molecule has 0 aliphatic rings. The predicted octanol–water partition coefficient (Wildman–Crippen LogP) is 3.55. The molecule has 0 fully saturated rings. The van der Waals surface area contributed by atoms with Crippen molar-refractivity contribution in [1.82, 2.24) is 0 Å². The van der Waals surface area contributed by atoms with Gasteiger partial charge >= 0.3 is 0 Å². The summed E-state index contributed by atoms with van der Waals surface area (Å²) in [4.78, 5) is 0. The van der Waals surface area contributed by atoms with Crippen LogP contribution in [0.1, 0.15) is 12.5 Å². The second-order valence-electron chi connectivity index (χ2n) is 3.15. The molecule has 2 heteroatoms. The maximum absolute atomic E-state index is 9.07. The Morgan fingerprint density at radius 2 is 2.00 bits per heavy atom. The lowest BCUT2D eigenvalue weighted by Gasteiger charge is -2.04. The van der Waals surface area contributed by atoms with Crippen molar-refractivity contribution in [1.29, 1.82) is 0 Å². The van der Waals surface area contributed by atoms with Gasteiger partial charge in [-0.1, -0.05) is 66.4 Å². The third-order valence-electron chi connectivity index (χ3n) is 2.14. The first-order valence-corrected chi connectivity index (χ1v) is 5.06. The average molecular weight is 213 g/mol. The Morgan fingerprint density at radius 1 is 1.31 bits per heavy atom. The molecule has 0 atom stereocenters. The summed E-state index contributed by atoms with van der Waals surface area (Å²) in [5.41, 5.74) is 2.29. The van der Waals surface area contributed by atoms with E-state index in [1.54, 1.807) is 6.08 Å². The molecule has 0 bridgehead atoms.